The van der Waals surface area contributed by atoms with Crippen LogP contribution in [0.2, 0.25) is 6.43 Å². The number of aryl methyl sites for hydroxylation is 2. The number of ketones is 1. The van der Waals surface area contributed by atoms with E-state index in [0.29, 0.717) is 11.1 Å². The molecule has 2 aromatic heterocycles. The van der Waals surface area contributed by atoms with Crippen LogP contribution in [0.5, 0.6) is 11.5 Å². The Morgan fingerprint density at radius 3 is 2.93 bits per heavy atom. The maximum atomic E-state index is 13.1. The summed E-state index contributed by atoms with van der Waals surface area (Å²) < 4.78 is 86.1. The third kappa shape index (κ3) is 3.70. The van der Waals surface area contributed by atoms with Crippen LogP contribution in [0.3, 0.4) is 0 Å². The number of nitrogens with zero attached hydrogens (tertiary/aromatic N) is 1. The molecule has 152 valence electrons. The number of aromatic nitrogens is 1. The van der Waals surface area contributed by atoms with Gasteiger partial charge in [0.2, 0.25) is 6.75 Å². The number of carbonyl (C=O) groups is 1. The quantitative estimate of drug-likeness (QED) is 0.554. The van der Waals surface area contributed by atoms with Crippen molar-refractivity contribution in [3.8, 4) is 11.5 Å². The first kappa shape index (κ1) is 13.6. The molecule has 1 aromatic carbocycles. The van der Waals surface area contributed by atoms with E-state index in [9.17, 15) is 13.2 Å². The topological polar surface area (TPSA) is 108 Å². The first-order valence-corrected chi connectivity index (χ1v) is 10.6. The first-order valence-electron chi connectivity index (χ1n) is 10.9. The van der Waals surface area contributed by atoms with Crippen LogP contribution in [0.4, 0.5) is 5.88 Å². The summed E-state index contributed by atoms with van der Waals surface area (Å²) in [6.07, 6.45) is -0.251. The van der Waals surface area contributed by atoms with Gasteiger partial charge < -0.3 is 14.0 Å². The Morgan fingerprint density at radius 1 is 1.45 bits per heavy atom. The molecular weight excluding hydrogens is 440 g/mol. The number of hydrogen-bond donors (Lipinski definition) is 1. The zero-order valence-corrected chi connectivity index (χ0v) is 16.9. The SMILES string of the molecule is [2H]N(c1onc(C([2H])([2H])[2H])c1Cl)S(=O)(=O)c1ccsc1C(=O)Cc1cc2c(cc1C)OC([2H])([2H])O2. The van der Waals surface area contributed by atoms with E-state index in [2.05, 4.69) is 5.16 Å². The van der Waals surface area contributed by atoms with Crippen LogP contribution in [-0.4, -0.2) is 26.1 Å². The summed E-state index contributed by atoms with van der Waals surface area (Å²) in [5, 5.41) is 3.94. The molecule has 0 fully saturated rings. The van der Waals surface area contributed by atoms with Gasteiger partial charge in [-0.1, -0.05) is 16.8 Å². The van der Waals surface area contributed by atoms with E-state index in [1.807, 2.05) is 0 Å². The van der Waals surface area contributed by atoms with Crippen molar-refractivity contribution in [3.05, 3.63) is 50.3 Å². The molecule has 0 bridgehead atoms. The minimum absolute atomic E-state index is 0.102. The number of anilines is 1. The van der Waals surface area contributed by atoms with Gasteiger partial charge in [0.15, 0.2) is 18.7 Å². The molecule has 0 spiro atoms. The van der Waals surface area contributed by atoms with Crippen molar-refractivity contribution < 1.29 is 35.5 Å². The predicted octanol–water partition coefficient (Wildman–Crippen LogP) is 3.96. The maximum absolute atomic E-state index is 13.1. The number of nitrogens with one attached hydrogen (secondary N) is 1. The largest absolute Gasteiger partial charge is 0.454 e. The minimum Gasteiger partial charge on any atom is -0.454 e. The summed E-state index contributed by atoms with van der Waals surface area (Å²) in [6.45, 7) is -3.47. The lowest BCUT2D eigenvalue weighted by Gasteiger charge is -2.09. The molecule has 0 atom stereocenters. The third-order valence-corrected chi connectivity index (χ3v) is 6.77. The van der Waals surface area contributed by atoms with Crippen LogP contribution >= 0.6 is 22.9 Å². The Bertz CT molecular complexity index is 1440. The highest BCUT2D eigenvalue weighted by Gasteiger charge is 2.27. The fourth-order valence-corrected chi connectivity index (χ4v) is 5.07. The molecule has 11 heteroatoms. The van der Waals surface area contributed by atoms with Gasteiger partial charge in [0.25, 0.3) is 15.9 Å². The average Bonchev–Trinajstić information content (AvgIpc) is 3.43. The highest BCUT2D eigenvalue weighted by Crippen LogP contribution is 2.36. The lowest BCUT2D eigenvalue weighted by molar-refractivity contribution is 0.0994. The summed E-state index contributed by atoms with van der Waals surface area (Å²) in [7, 11) is -4.71. The molecule has 1 aliphatic rings. The van der Waals surface area contributed by atoms with Crippen LogP contribution < -0.4 is 14.2 Å². The summed E-state index contributed by atoms with van der Waals surface area (Å²) in [5.74, 6) is -1.15. The highest BCUT2D eigenvalue weighted by molar-refractivity contribution is 7.93. The van der Waals surface area contributed by atoms with E-state index in [1.165, 1.54) is 17.5 Å². The third-order valence-electron chi connectivity index (χ3n) is 4.04. The van der Waals surface area contributed by atoms with Crippen molar-refractivity contribution in [1.29, 1.82) is 0 Å². The number of hydrogen-bond acceptors (Lipinski definition) is 8. The van der Waals surface area contributed by atoms with Gasteiger partial charge in [0.05, 0.1) is 4.88 Å². The van der Waals surface area contributed by atoms with Crippen LogP contribution in [-0.2, 0) is 16.4 Å². The van der Waals surface area contributed by atoms with Crippen molar-refractivity contribution in [1.82, 2.24) is 5.16 Å². The molecule has 0 unspecified atom stereocenters. The van der Waals surface area contributed by atoms with E-state index in [-0.39, 0.29) is 27.5 Å². The molecule has 8 nitrogen and oxygen atoms in total. The predicted molar refractivity (Wildman–Crippen MR) is 107 cm³/mol. The molecule has 0 saturated heterocycles. The van der Waals surface area contributed by atoms with Crippen molar-refractivity contribution in [2.45, 2.75) is 25.1 Å². The van der Waals surface area contributed by atoms with Crippen molar-refractivity contribution in [2.24, 2.45) is 0 Å². The molecule has 3 heterocycles. The van der Waals surface area contributed by atoms with Crippen LogP contribution in [0.25, 0.3) is 0 Å². The van der Waals surface area contributed by atoms with E-state index in [1.54, 1.807) is 6.92 Å². The molecule has 0 amide bonds. The number of rotatable bonds is 6. The number of thiophene rings is 1. The number of fused-ring (bicyclic) bond motifs is 1. The number of carbonyl (C=O) groups excluding carboxylic acids is 1. The lowest BCUT2D eigenvalue weighted by atomic mass is 10.0. The number of benzene rings is 1. The van der Waals surface area contributed by atoms with Gasteiger partial charge in [-0.2, -0.15) is 0 Å². The van der Waals surface area contributed by atoms with Crippen LogP contribution in [0.15, 0.2) is 33.0 Å². The highest BCUT2D eigenvalue weighted by atomic mass is 35.5. The number of halogens is 1. The molecule has 0 saturated carbocycles. The average molecular weight is 461 g/mol. The molecule has 29 heavy (non-hydrogen) atoms. The smallest absolute Gasteiger partial charge is 0.265 e. The van der Waals surface area contributed by atoms with Crippen molar-refractivity contribution >= 4 is 44.6 Å². The fraction of sp³-hybridized carbons (Fsp3) is 0.222. The van der Waals surface area contributed by atoms with Gasteiger partial charge in [-0.05, 0) is 48.5 Å². The Morgan fingerprint density at radius 2 is 2.21 bits per heavy atom. The van der Waals surface area contributed by atoms with Crippen LogP contribution in [0.1, 0.15) is 33.3 Å². The maximum Gasteiger partial charge on any atom is 0.265 e. The molecule has 4 rings (SSSR count). The number of Topliss-reactive ketones (excluding diaryl/α,β-unsaturated/α-hetero) is 1. The van der Waals surface area contributed by atoms with Gasteiger partial charge in [-0.15, -0.1) is 11.3 Å². The second kappa shape index (κ2) is 7.36. The summed E-state index contributed by atoms with van der Waals surface area (Å²) in [4.78, 5) is 12.4. The molecule has 1 N–H and O–H groups in total. The second-order valence-electron chi connectivity index (χ2n) is 5.94. The minimum atomic E-state index is -4.71. The summed E-state index contributed by atoms with van der Waals surface area (Å²) in [6, 6.07) is 4.08. The van der Waals surface area contributed by atoms with E-state index >= 15 is 0 Å². The van der Waals surface area contributed by atoms with Gasteiger partial charge >= 0.3 is 0 Å². The number of sulfonamides is 1. The summed E-state index contributed by atoms with van der Waals surface area (Å²) in [5.41, 5.74) is 0.341. The lowest BCUT2D eigenvalue weighted by Crippen LogP contribution is -2.16. The Kier molecular flexibility index (Phi) is 3.46. The molecule has 1 aliphatic heterocycles. The first-order chi connectivity index (χ1) is 16.1. The molecule has 0 aliphatic carbocycles. The molecule has 0 radical (unpaired) electrons. The standard InChI is InChI=1S/C18H15ClN2O6S2/c1-9-5-13-14(26-8-25-13)7-11(9)6-12(22)17-15(3-4-28-17)29(23,24)21-18-16(19)10(2)20-27-18/h3-5,7,21H,6,8H2,1-2H3/i2D3,8D2/hD. The Balaban J connectivity index is 1.63. The Labute approximate surface area is 183 Å². The zero-order valence-electron chi connectivity index (χ0n) is 20.6. The molecular formula is C18H15ClN2O6S2. The molecule has 3 aromatic rings. The van der Waals surface area contributed by atoms with Crippen molar-refractivity contribution in [3.63, 3.8) is 0 Å². The normalized spacial score (nSPS) is 18.1. The summed E-state index contributed by atoms with van der Waals surface area (Å²) >= 11 is 6.75. The van der Waals surface area contributed by atoms with E-state index < -0.39 is 50.9 Å². The monoisotopic (exact) mass is 460 g/mol. The van der Waals surface area contributed by atoms with E-state index in [4.69, 9.17) is 33.9 Å². The van der Waals surface area contributed by atoms with Crippen LogP contribution in [0, 0.1) is 13.8 Å². The second-order valence-corrected chi connectivity index (χ2v) is 8.81. The van der Waals surface area contributed by atoms with E-state index in [0.717, 1.165) is 17.4 Å². The van der Waals surface area contributed by atoms with Gasteiger partial charge in [-0.3, -0.25) is 4.79 Å². The van der Waals surface area contributed by atoms with Gasteiger partial charge in [-0.25, -0.2) is 13.1 Å². The van der Waals surface area contributed by atoms with Gasteiger partial charge in [0.1, 0.15) is 18.4 Å². The zero-order chi connectivity index (χ0) is 25.9. The fourth-order valence-electron chi connectivity index (χ4n) is 2.61. The van der Waals surface area contributed by atoms with Crippen molar-refractivity contribution in [2.75, 3.05) is 11.5 Å². The Hall–Kier alpha value is -2.56. The number of ether oxygens (including phenoxy) is 2. The van der Waals surface area contributed by atoms with Gasteiger partial charge in [0, 0.05) is 10.5 Å².